The molecule has 8 heteroatoms. The minimum Gasteiger partial charge on any atom is -0.378 e. The number of halogens is 2. The van der Waals surface area contributed by atoms with Gasteiger partial charge in [0.15, 0.2) is 0 Å². The Morgan fingerprint density at radius 1 is 1.42 bits per heavy atom. The van der Waals surface area contributed by atoms with Crippen LogP contribution in [-0.4, -0.2) is 50.2 Å². The van der Waals surface area contributed by atoms with Crippen LogP contribution in [0.2, 0.25) is 5.02 Å². The van der Waals surface area contributed by atoms with E-state index in [0.29, 0.717) is 43.3 Å². The standard InChI is InChI=1S/C16H20ClN3O3.ClH/c17-13-3-1-2-4-14(13)20-9-11(8-16(20)22)19-15(21)7-12-10-23-6-5-18-12;/h1-4,11-12,18H,5-10H2,(H,19,21);1H. The van der Waals surface area contributed by atoms with E-state index in [1.165, 1.54) is 0 Å². The Kier molecular flexibility index (Phi) is 6.86. The molecule has 3 rings (SSSR count). The second-order valence-electron chi connectivity index (χ2n) is 5.85. The van der Waals surface area contributed by atoms with Gasteiger partial charge in [-0.1, -0.05) is 23.7 Å². The van der Waals surface area contributed by atoms with Crippen LogP contribution in [0.3, 0.4) is 0 Å². The van der Waals surface area contributed by atoms with Crippen LogP contribution >= 0.6 is 24.0 Å². The van der Waals surface area contributed by atoms with E-state index < -0.39 is 0 Å². The number of rotatable bonds is 4. The minimum atomic E-state index is -0.184. The van der Waals surface area contributed by atoms with Crippen molar-refractivity contribution >= 4 is 41.5 Å². The highest BCUT2D eigenvalue weighted by Gasteiger charge is 2.32. The molecule has 2 fully saturated rings. The average Bonchev–Trinajstić information content (AvgIpc) is 2.89. The molecule has 0 radical (unpaired) electrons. The molecule has 2 amide bonds. The summed E-state index contributed by atoms with van der Waals surface area (Å²) < 4.78 is 5.34. The molecular formula is C16H21Cl2N3O3. The van der Waals surface area contributed by atoms with Crippen LogP contribution in [0.15, 0.2) is 24.3 Å². The van der Waals surface area contributed by atoms with Gasteiger partial charge < -0.3 is 20.3 Å². The lowest BCUT2D eigenvalue weighted by molar-refractivity contribution is -0.122. The number of anilines is 1. The SMILES string of the molecule is Cl.O=C(CC1COCCN1)NC1CC(=O)N(c2ccccc2Cl)C1. The molecule has 2 heterocycles. The number of ether oxygens (including phenoxy) is 1. The third-order valence-electron chi connectivity index (χ3n) is 4.06. The fraction of sp³-hybridized carbons (Fsp3) is 0.500. The van der Waals surface area contributed by atoms with Gasteiger partial charge in [-0.05, 0) is 12.1 Å². The molecule has 0 spiro atoms. The Hall–Kier alpha value is -1.34. The highest BCUT2D eigenvalue weighted by Crippen LogP contribution is 2.28. The Labute approximate surface area is 152 Å². The number of morpholine rings is 1. The molecule has 0 saturated carbocycles. The number of hydrogen-bond acceptors (Lipinski definition) is 4. The summed E-state index contributed by atoms with van der Waals surface area (Å²) in [6.45, 7) is 2.44. The van der Waals surface area contributed by atoms with E-state index in [4.69, 9.17) is 16.3 Å². The lowest BCUT2D eigenvalue weighted by Gasteiger charge is -2.24. The van der Waals surface area contributed by atoms with Gasteiger partial charge >= 0.3 is 0 Å². The maximum Gasteiger partial charge on any atom is 0.229 e. The first kappa shape index (κ1) is 19.0. The molecule has 1 aromatic carbocycles. The molecule has 2 N–H and O–H groups in total. The predicted octanol–water partition coefficient (Wildman–Crippen LogP) is 1.36. The number of hydrogen-bond donors (Lipinski definition) is 2. The largest absolute Gasteiger partial charge is 0.378 e. The molecule has 0 aliphatic carbocycles. The fourth-order valence-electron chi connectivity index (χ4n) is 2.97. The first-order valence-electron chi connectivity index (χ1n) is 7.79. The van der Waals surface area contributed by atoms with Crippen molar-refractivity contribution < 1.29 is 14.3 Å². The maximum absolute atomic E-state index is 12.2. The molecule has 132 valence electrons. The van der Waals surface area contributed by atoms with E-state index >= 15 is 0 Å². The second kappa shape index (κ2) is 8.67. The molecule has 24 heavy (non-hydrogen) atoms. The Morgan fingerprint density at radius 2 is 2.21 bits per heavy atom. The van der Waals surface area contributed by atoms with Gasteiger partial charge in [0.25, 0.3) is 0 Å². The van der Waals surface area contributed by atoms with Gasteiger partial charge in [0.05, 0.1) is 30.0 Å². The molecule has 2 saturated heterocycles. The summed E-state index contributed by atoms with van der Waals surface area (Å²) in [7, 11) is 0. The number of carbonyl (C=O) groups is 2. The van der Waals surface area contributed by atoms with Crippen LogP contribution in [0.5, 0.6) is 0 Å². The molecule has 0 bridgehead atoms. The van der Waals surface area contributed by atoms with E-state index in [1.54, 1.807) is 11.0 Å². The van der Waals surface area contributed by atoms with E-state index in [9.17, 15) is 9.59 Å². The Bertz CT molecular complexity index is 594. The summed E-state index contributed by atoms with van der Waals surface area (Å²) in [5.41, 5.74) is 0.693. The first-order valence-corrected chi connectivity index (χ1v) is 8.16. The number of nitrogens with one attached hydrogen (secondary N) is 2. The summed E-state index contributed by atoms with van der Waals surface area (Å²) in [6.07, 6.45) is 0.655. The number of nitrogens with zero attached hydrogens (tertiary/aromatic N) is 1. The van der Waals surface area contributed by atoms with E-state index in [1.807, 2.05) is 18.2 Å². The minimum absolute atomic E-state index is 0. The molecule has 2 aliphatic rings. The van der Waals surface area contributed by atoms with Crippen LogP contribution in [0.25, 0.3) is 0 Å². The lowest BCUT2D eigenvalue weighted by atomic mass is 10.1. The van der Waals surface area contributed by atoms with Crippen molar-refractivity contribution in [3.63, 3.8) is 0 Å². The van der Waals surface area contributed by atoms with Crippen LogP contribution in [0, 0.1) is 0 Å². The van der Waals surface area contributed by atoms with Crippen LogP contribution in [0.1, 0.15) is 12.8 Å². The van der Waals surface area contributed by atoms with Gasteiger partial charge in [-0.3, -0.25) is 9.59 Å². The van der Waals surface area contributed by atoms with Crippen molar-refractivity contribution in [1.82, 2.24) is 10.6 Å². The summed E-state index contributed by atoms with van der Waals surface area (Å²) in [5.74, 6) is -0.0886. The highest BCUT2D eigenvalue weighted by molar-refractivity contribution is 6.33. The van der Waals surface area contributed by atoms with Crippen LogP contribution in [0.4, 0.5) is 5.69 Å². The molecule has 2 unspecified atom stereocenters. The van der Waals surface area contributed by atoms with Gasteiger partial charge in [-0.2, -0.15) is 0 Å². The Balaban J connectivity index is 0.00000208. The topological polar surface area (TPSA) is 70.7 Å². The van der Waals surface area contributed by atoms with Crippen LogP contribution in [-0.2, 0) is 14.3 Å². The highest BCUT2D eigenvalue weighted by atomic mass is 35.5. The van der Waals surface area contributed by atoms with Crippen molar-refractivity contribution in [2.24, 2.45) is 0 Å². The van der Waals surface area contributed by atoms with Gasteiger partial charge in [0.1, 0.15) is 0 Å². The van der Waals surface area contributed by atoms with Gasteiger partial charge in [0, 0.05) is 32.0 Å². The van der Waals surface area contributed by atoms with Gasteiger partial charge in [-0.25, -0.2) is 0 Å². The van der Waals surface area contributed by atoms with Crippen molar-refractivity contribution in [1.29, 1.82) is 0 Å². The van der Waals surface area contributed by atoms with Crippen molar-refractivity contribution in [2.75, 3.05) is 31.2 Å². The number of para-hydroxylation sites is 1. The van der Waals surface area contributed by atoms with E-state index in [-0.39, 0.29) is 36.3 Å². The van der Waals surface area contributed by atoms with Gasteiger partial charge in [0.2, 0.25) is 11.8 Å². The molecule has 1 aromatic rings. The zero-order valence-electron chi connectivity index (χ0n) is 13.2. The summed E-state index contributed by atoms with van der Waals surface area (Å²) in [4.78, 5) is 25.9. The quantitative estimate of drug-likeness (QED) is 0.835. The average molecular weight is 374 g/mol. The molecule has 2 atom stereocenters. The smallest absolute Gasteiger partial charge is 0.229 e. The Morgan fingerprint density at radius 3 is 2.92 bits per heavy atom. The zero-order valence-corrected chi connectivity index (χ0v) is 14.7. The van der Waals surface area contributed by atoms with Crippen LogP contribution < -0.4 is 15.5 Å². The maximum atomic E-state index is 12.2. The van der Waals surface area contributed by atoms with Crippen molar-refractivity contribution in [3.05, 3.63) is 29.3 Å². The summed E-state index contributed by atoms with van der Waals surface area (Å²) >= 11 is 6.15. The summed E-state index contributed by atoms with van der Waals surface area (Å²) in [5, 5.41) is 6.72. The van der Waals surface area contributed by atoms with Crippen molar-refractivity contribution in [3.8, 4) is 0 Å². The third-order valence-corrected chi connectivity index (χ3v) is 4.38. The third kappa shape index (κ3) is 4.60. The second-order valence-corrected chi connectivity index (χ2v) is 6.26. The first-order chi connectivity index (χ1) is 11.1. The van der Waals surface area contributed by atoms with E-state index in [2.05, 4.69) is 10.6 Å². The lowest BCUT2D eigenvalue weighted by Crippen LogP contribution is -2.46. The van der Waals surface area contributed by atoms with E-state index in [0.717, 1.165) is 6.54 Å². The monoisotopic (exact) mass is 373 g/mol. The molecular weight excluding hydrogens is 353 g/mol. The van der Waals surface area contributed by atoms with Gasteiger partial charge in [-0.15, -0.1) is 12.4 Å². The summed E-state index contributed by atoms with van der Waals surface area (Å²) in [6, 6.07) is 7.09. The number of benzene rings is 1. The normalized spacial score (nSPS) is 23.7. The number of carbonyl (C=O) groups excluding carboxylic acids is 2. The molecule has 6 nitrogen and oxygen atoms in total. The molecule has 0 aromatic heterocycles. The fourth-order valence-corrected chi connectivity index (χ4v) is 3.21. The predicted molar refractivity (Wildman–Crippen MR) is 94.8 cm³/mol. The van der Waals surface area contributed by atoms with Crippen molar-refractivity contribution in [2.45, 2.75) is 24.9 Å². The number of amides is 2. The molecule has 2 aliphatic heterocycles. The zero-order chi connectivity index (χ0) is 16.2.